The molecule has 2 rings (SSSR count). The van der Waals surface area contributed by atoms with E-state index >= 15 is 0 Å². The van der Waals surface area contributed by atoms with Crippen molar-refractivity contribution in [2.75, 3.05) is 18.5 Å². The van der Waals surface area contributed by atoms with Crippen LogP contribution in [0, 0.1) is 13.8 Å². The van der Waals surface area contributed by atoms with Crippen molar-refractivity contribution in [2.45, 2.75) is 26.3 Å². The largest absolute Gasteiger partial charge is 0.396 e. The molecule has 0 bridgehead atoms. The van der Waals surface area contributed by atoms with Crippen molar-refractivity contribution in [2.24, 2.45) is 0 Å². The number of amides is 1. The molecular weight excluding hydrogens is 216 g/mol. The van der Waals surface area contributed by atoms with Gasteiger partial charge in [-0.25, -0.2) is 0 Å². The Morgan fingerprint density at radius 1 is 1.41 bits per heavy atom. The maximum atomic E-state index is 11.9. The molecular formula is C13H18N2O2. The van der Waals surface area contributed by atoms with E-state index in [1.54, 1.807) is 0 Å². The van der Waals surface area contributed by atoms with Crippen molar-refractivity contribution >= 4 is 11.6 Å². The van der Waals surface area contributed by atoms with E-state index in [2.05, 4.69) is 10.6 Å². The van der Waals surface area contributed by atoms with E-state index in [-0.39, 0.29) is 18.6 Å². The molecule has 4 heteroatoms. The number of nitrogens with one attached hydrogen (secondary N) is 2. The maximum absolute atomic E-state index is 11.9. The van der Waals surface area contributed by atoms with Gasteiger partial charge >= 0.3 is 0 Å². The van der Waals surface area contributed by atoms with Crippen LogP contribution in [0.4, 0.5) is 5.69 Å². The van der Waals surface area contributed by atoms with Crippen LogP contribution < -0.4 is 10.6 Å². The summed E-state index contributed by atoms with van der Waals surface area (Å²) in [6.07, 6.45) is 0.657. The molecule has 0 spiro atoms. The SMILES string of the molecule is Cc1ccc2c(c1C)NC(=O)C2NCCCO. The Hall–Kier alpha value is -1.39. The first kappa shape index (κ1) is 12.1. The standard InChI is InChI=1S/C13H18N2O2/c1-8-4-5-10-11(9(8)2)15-13(17)12(10)14-6-3-7-16/h4-5,12,14,16H,3,6-7H2,1-2H3,(H,15,17). The van der Waals surface area contributed by atoms with Crippen LogP contribution in [-0.4, -0.2) is 24.2 Å². The molecule has 17 heavy (non-hydrogen) atoms. The number of rotatable bonds is 4. The van der Waals surface area contributed by atoms with Gasteiger partial charge in [-0.15, -0.1) is 0 Å². The van der Waals surface area contributed by atoms with Gasteiger partial charge in [-0.3, -0.25) is 4.79 Å². The highest BCUT2D eigenvalue weighted by Gasteiger charge is 2.31. The number of carbonyl (C=O) groups is 1. The minimum absolute atomic E-state index is 0.00774. The molecule has 4 nitrogen and oxygen atoms in total. The Bertz CT molecular complexity index is 443. The summed E-state index contributed by atoms with van der Waals surface area (Å²) in [6, 6.07) is 3.75. The lowest BCUT2D eigenvalue weighted by molar-refractivity contribution is -0.117. The van der Waals surface area contributed by atoms with Crippen LogP contribution >= 0.6 is 0 Å². The maximum Gasteiger partial charge on any atom is 0.246 e. The number of carbonyl (C=O) groups excluding carboxylic acids is 1. The van der Waals surface area contributed by atoms with Crippen LogP contribution in [0.25, 0.3) is 0 Å². The summed E-state index contributed by atoms with van der Waals surface area (Å²) < 4.78 is 0. The summed E-state index contributed by atoms with van der Waals surface area (Å²) in [5.41, 5.74) is 4.26. The van der Waals surface area contributed by atoms with Gasteiger partial charge in [0.25, 0.3) is 0 Å². The molecule has 0 saturated carbocycles. The van der Waals surface area contributed by atoms with E-state index in [9.17, 15) is 4.79 Å². The normalized spacial score (nSPS) is 18.1. The average molecular weight is 234 g/mol. The second-order valence-corrected chi connectivity index (χ2v) is 4.43. The highest BCUT2D eigenvalue weighted by atomic mass is 16.3. The summed E-state index contributed by atoms with van der Waals surface area (Å²) in [5.74, 6) is -0.00774. The molecule has 0 aliphatic carbocycles. The lowest BCUT2D eigenvalue weighted by Gasteiger charge is -2.11. The number of aliphatic hydroxyl groups is 1. The Kier molecular flexibility index (Phi) is 3.45. The average Bonchev–Trinajstić information content (AvgIpc) is 2.62. The Balaban J connectivity index is 2.22. The van der Waals surface area contributed by atoms with Crippen molar-refractivity contribution < 1.29 is 9.90 Å². The molecule has 0 radical (unpaired) electrons. The fourth-order valence-corrected chi connectivity index (χ4v) is 2.11. The summed E-state index contributed by atoms with van der Waals surface area (Å²) >= 11 is 0. The Morgan fingerprint density at radius 2 is 2.18 bits per heavy atom. The highest BCUT2D eigenvalue weighted by Crippen LogP contribution is 2.34. The van der Waals surface area contributed by atoms with Crippen LogP contribution in [0.15, 0.2) is 12.1 Å². The number of aliphatic hydroxyl groups excluding tert-OH is 1. The molecule has 0 fully saturated rings. The van der Waals surface area contributed by atoms with Crippen LogP contribution in [0.3, 0.4) is 0 Å². The van der Waals surface area contributed by atoms with Gasteiger partial charge in [-0.1, -0.05) is 12.1 Å². The summed E-state index contributed by atoms with van der Waals surface area (Å²) in [5, 5.41) is 14.8. The van der Waals surface area contributed by atoms with Crippen LogP contribution in [0.1, 0.15) is 29.2 Å². The van der Waals surface area contributed by atoms with Crippen molar-refractivity contribution in [1.82, 2.24) is 5.32 Å². The van der Waals surface area contributed by atoms with Gasteiger partial charge in [0.1, 0.15) is 6.04 Å². The second-order valence-electron chi connectivity index (χ2n) is 4.43. The minimum atomic E-state index is -0.282. The van der Waals surface area contributed by atoms with Gasteiger partial charge in [-0.05, 0) is 37.9 Å². The number of fused-ring (bicyclic) bond motifs is 1. The van der Waals surface area contributed by atoms with Crippen LogP contribution in [-0.2, 0) is 4.79 Å². The first-order chi connectivity index (χ1) is 8.15. The zero-order valence-corrected chi connectivity index (χ0v) is 10.2. The fourth-order valence-electron chi connectivity index (χ4n) is 2.11. The van der Waals surface area contributed by atoms with Crippen LogP contribution in [0.2, 0.25) is 0 Å². The van der Waals surface area contributed by atoms with E-state index in [0.717, 1.165) is 16.8 Å². The van der Waals surface area contributed by atoms with E-state index in [1.165, 1.54) is 5.56 Å². The lowest BCUT2D eigenvalue weighted by Crippen LogP contribution is -2.28. The van der Waals surface area contributed by atoms with Gasteiger partial charge in [-0.2, -0.15) is 0 Å². The Morgan fingerprint density at radius 3 is 2.88 bits per heavy atom. The van der Waals surface area contributed by atoms with E-state index in [4.69, 9.17) is 5.11 Å². The third kappa shape index (κ3) is 2.18. The van der Waals surface area contributed by atoms with Gasteiger partial charge < -0.3 is 15.7 Å². The van der Waals surface area contributed by atoms with Crippen molar-refractivity contribution in [3.8, 4) is 0 Å². The van der Waals surface area contributed by atoms with Gasteiger partial charge in [0, 0.05) is 17.9 Å². The van der Waals surface area contributed by atoms with Crippen LogP contribution in [0.5, 0.6) is 0 Å². The molecule has 3 N–H and O–H groups in total. The first-order valence-electron chi connectivity index (χ1n) is 5.90. The molecule has 1 aliphatic rings. The molecule has 1 atom stereocenters. The number of anilines is 1. The zero-order valence-electron chi connectivity index (χ0n) is 10.2. The van der Waals surface area contributed by atoms with Gasteiger partial charge in [0.2, 0.25) is 5.91 Å². The number of hydrogen-bond acceptors (Lipinski definition) is 3. The van der Waals surface area contributed by atoms with Gasteiger partial charge in [0.05, 0.1) is 0 Å². The topological polar surface area (TPSA) is 61.4 Å². The molecule has 0 saturated heterocycles. The fraction of sp³-hybridized carbons (Fsp3) is 0.462. The molecule has 1 aromatic carbocycles. The first-order valence-corrected chi connectivity index (χ1v) is 5.90. The van der Waals surface area contributed by atoms with Crippen molar-refractivity contribution in [1.29, 1.82) is 0 Å². The van der Waals surface area contributed by atoms with E-state index in [1.807, 2.05) is 26.0 Å². The summed E-state index contributed by atoms with van der Waals surface area (Å²) in [4.78, 5) is 11.9. The zero-order chi connectivity index (χ0) is 12.4. The molecule has 1 unspecified atom stereocenters. The monoisotopic (exact) mass is 234 g/mol. The molecule has 0 aromatic heterocycles. The molecule has 1 heterocycles. The van der Waals surface area contributed by atoms with Crippen molar-refractivity contribution in [3.05, 3.63) is 28.8 Å². The lowest BCUT2D eigenvalue weighted by atomic mass is 10.0. The highest BCUT2D eigenvalue weighted by molar-refractivity contribution is 6.03. The van der Waals surface area contributed by atoms with Gasteiger partial charge in [0.15, 0.2) is 0 Å². The smallest absolute Gasteiger partial charge is 0.246 e. The molecule has 1 amide bonds. The molecule has 1 aromatic rings. The number of aryl methyl sites for hydroxylation is 1. The summed E-state index contributed by atoms with van der Waals surface area (Å²) in [7, 11) is 0. The third-order valence-corrected chi connectivity index (χ3v) is 3.27. The predicted molar refractivity (Wildman–Crippen MR) is 67.0 cm³/mol. The van der Waals surface area contributed by atoms with E-state index < -0.39 is 0 Å². The number of hydrogen-bond donors (Lipinski definition) is 3. The van der Waals surface area contributed by atoms with Crippen molar-refractivity contribution in [3.63, 3.8) is 0 Å². The minimum Gasteiger partial charge on any atom is -0.396 e. The summed E-state index contributed by atoms with van der Waals surface area (Å²) in [6.45, 7) is 4.83. The third-order valence-electron chi connectivity index (χ3n) is 3.27. The Labute approximate surface area is 101 Å². The quantitative estimate of drug-likeness (QED) is 0.687. The molecule has 1 aliphatic heterocycles. The number of benzene rings is 1. The second kappa shape index (κ2) is 4.85. The predicted octanol–water partition coefficient (Wildman–Crippen LogP) is 1.27. The van der Waals surface area contributed by atoms with E-state index in [0.29, 0.717) is 13.0 Å². The molecule has 92 valence electrons.